The van der Waals surface area contributed by atoms with Crippen molar-refractivity contribution in [3.63, 3.8) is 0 Å². The van der Waals surface area contributed by atoms with Crippen molar-refractivity contribution in [2.24, 2.45) is 11.8 Å². The summed E-state index contributed by atoms with van der Waals surface area (Å²) in [5, 5.41) is 0. The van der Waals surface area contributed by atoms with E-state index >= 15 is 9.59 Å². The molecule has 0 aliphatic carbocycles. The molecular formula is C82H78N4O2S2. The van der Waals surface area contributed by atoms with Gasteiger partial charge in [-0.3, -0.25) is 9.59 Å². The first kappa shape index (κ1) is 60.9. The Morgan fingerprint density at radius 3 is 0.911 bits per heavy atom. The number of nitrogens with zero attached hydrogens (tertiary/aromatic N) is 4. The van der Waals surface area contributed by atoms with Crippen LogP contribution in [-0.2, 0) is 9.59 Å². The monoisotopic (exact) mass is 1210 g/mol. The van der Waals surface area contributed by atoms with Gasteiger partial charge in [-0.25, -0.2) is 0 Å². The van der Waals surface area contributed by atoms with Crippen LogP contribution in [0.3, 0.4) is 0 Å². The summed E-state index contributed by atoms with van der Waals surface area (Å²) in [7, 11) is 0. The molecule has 0 saturated carbocycles. The average Bonchev–Trinajstić information content (AvgIpc) is 1.56. The summed E-state index contributed by atoms with van der Waals surface area (Å²) in [6, 6.07) is 85.3. The molecule has 0 spiro atoms. The maximum Gasteiger partial charge on any atom is 0.261 e. The van der Waals surface area contributed by atoms with E-state index in [1.165, 1.54) is 0 Å². The molecule has 12 rings (SSSR count). The van der Waals surface area contributed by atoms with Gasteiger partial charge in [-0.2, -0.15) is 0 Å². The van der Waals surface area contributed by atoms with Crippen molar-refractivity contribution in [1.29, 1.82) is 0 Å². The molecule has 90 heavy (non-hydrogen) atoms. The number of carbonyl (C=O) groups excluding carboxylic acids is 2. The van der Waals surface area contributed by atoms with Gasteiger partial charge in [-0.05, 0) is 155 Å². The van der Waals surface area contributed by atoms with Gasteiger partial charge < -0.3 is 19.6 Å². The second-order valence-electron chi connectivity index (χ2n) is 23.5. The smallest absolute Gasteiger partial charge is 0.261 e. The van der Waals surface area contributed by atoms with Crippen molar-refractivity contribution in [1.82, 2.24) is 9.80 Å². The van der Waals surface area contributed by atoms with Crippen LogP contribution in [0.5, 0.6) is 0 Å². The predicted octanol–water partition coefficient (Wildman–Crippen LogP) is 22.7. The number of benzene rings is 8. The molecule has 2 aliphatic heterocycles. The van der Waals surface area contributed by atoms with Gasteiger partial charge in [0.1, 0.15) is 0 Å². The molecule has 450 valence electrons. The number of hydrogen-bond acceptors (Lipinski definition) is 6. The summed E-state index contributed by atoms with van der Waals surface area (Å²) in [5.41, 5.74) is 15.9. The highest BCUT2D eigenvalue weighted by Crippen LogP contribution is 2.51. The van der Waals surface area contributed by atoms with Gasteiger partial charge in [0.2, 0.25) is 0 Å². The molecule has 6 nitrogen and oxygen atoms in total. The van der Waals surface area contributed by atoms with Crippen LogP contribution in [0.1, 0.15) is 111 Å². The fourth-order valence-electron chi connectivity index (χ4n) is 12.4. The van der Waals surface area contributed by atoms with Crippen molar-refractivity contribution < 1.29 is 9.59 Å². The van der Waals surface area contributed by atoms with E-state index in [1.54, 1.807) is 22.7 Å². The topological polar surface area (TPSA) is 47.1 Å². The van der Waals surface area contributed by atoms with E-state index in [9.17, 15) is 0 Å². The van der Waals surface area contributed by atoms with Gasteiger partial charge in [0, 0.05) is 57.0 Å². The Kier molecular flexibility index (Phi) is 19.5. The summed E-state index contributed by atoms with van der Waals surface area (Å²) in [6.07, 6.45) is 17.0. The minimum absolute atomic E-state index is 0.0571. The van der Waals surface area contributed by atoms with Crippen molar-refractivity contribution in [2.45, 2.75) is 79.1 Å². The second-order valence-corrected chi connectivity index (χ2v) is 25.7. The molecule has 2 unspecified atom stereocenters. The first-order valence-electron chi connectivity index (χ1n) is 32.2. The molecule has 4 heterocycles. The third kappa shape index (κ3) is 13.6. The molecule has 8 aromatic carbocycles. The van der Waals surface area contributed by atoms with E-state index in [-0.39, 0.29) is 11.8 Å². The number of thiophene rings is 2. The highest BCUT2D eigenvalue weighted by atomic mass is 32.1. The summed E-state index contributed by atoms with van der Waals surface area (Å²) in [5.74, 6) is 0.489. The van der Waals surface area contributed by atoms with Gasteiger partial charge in [-0.15, -0.1) is 22.7 Å². The first-order chi connectivity index (χ1) is 44.3. The molecule has 0 N–H and O–H groups in total. The summed E-state index contributed by atoms with van der Waals surface area (Å²) < 4.78 is 0. The first-order valence-corrected chi connectivity index (χ1v) is 33.8. The number of para-hydroxylation sites is 4. The number of fused-ring (bicyclic) bond motifs is 1. The molecule has 0 fully saturated rings. The minimum atomic E-state index is -0.0571. The van der Waals surface area contributed by atoms with Crippen LogP contribution in [0.4, 0.5) is 34.1 Å². The summed E-state index contributed by atoms with van der Waals surface area (Å²) in [6.45, 7) is 10.1. The lowest BCUT2D eigenvalue weighted by Gasteiger charge is -2.29. The maximum atomic E-state index is 15.6. The number of rotatable bonds is 26. The van der Waals surface area contributed by atoms with Crippen molar-refractivity contribution in [2.75, 3.05) is 22.9 Å². The fourth-order valence-corrected chi connectivity index (χ4v) is 14.6. The molecule has 2 aromatic heterocycles. The average molecular weight is 1220 g/mol. The standard InChI is InChI=1S/C82H78N4O2S2/c1-5-9-23-59(7-3)57-83-79(75-55-53-73(89-75)65-45-37-61(38-46-65)33-35-63-41-49-71(50-42-63)85(67-25-15-11-16-26-67)68-27-17-12-18-28-68)77-78(81(83)87)80(84(82(77)88)58-60(8-4)24-10-6-2)76-56-54-74(90-76)66-47-39-62(40-48-66)34-36-64-43-51-72(52-44-64)86(69-29-19-13-20-30-69)70-31-21-14-22-32-70/h11-22,25-56,59-60H,5-10,23-24,57-58H2,1-4H3/b35-33+,36-34+. The molecule has 0 radical (unpaired) electrons. The Bertz CT molecular complexity index is 3800. The maximum absolute atomic E-state index is 15.6. The number of anilines is 6. The molecule has 2 atom stereocenters. The SMILES string of the molecule is CCCCC(CC)CN1C(=O)C2=C(c3ccc(-c4ccc(/C=C/c5ccc(N(c6ccccc6)c6ccccc6)cc5)cc4)s3)N(CC(CC)CCCC)C(=O)C2=C1c1ccc(-c2ccc(/C=C/c3ccc(N(c4ccccc4)c4ccccc4)cc3)cc2)s1. The van der Waals surface area contributed by atoms with Crippen LogP contribution in [-0.4, -0.2) is 34.7 Å². The molecule has 0 bridgehead atoms. The summed E-state index contributed by atoms with van der Waals surface area (Å²) >= 11 is 3.34. The zero-order valence-corrected chi connectivity index (χ0v) is 53.7. The number of hydrogen-bond donors (Lipinski definition) is 0. The van der Waals surface area contributed by atoms with Crippen LogP contribution in [0.2, 0.25) is 0 Å². The van der Waals surface area contributed by atoms with Crippen LogP contribution in [0.25, 0.3) is 56.6 Å². The molecule has 2 aliphatic rings. The highest BCUT2D eigenvalue weighted by Gasteiger charge is 2.50. The predicted molar refractivity (Wildman–Crippen MR) is 383 cm³/mol. The summed E-state index contributed by atoms with van der Waals surface area (Å²) in [4.78, 5) is 43.9. The Labute approximate surface area is 540 Å². The van der Waals surface area contributed by atoms with Gasteiger partial charge in [0.05, 0.1) is 32.3 Å². The van der Waals surface area contributed by atoms with Gasteiger partial charge in [-0.1, -0.05) is 236 Å². The Balaban J connectivity index is 0.817. The van der Waals surface area contributed by atoms with E-state index in [2.05, 4.69) is 280 Å². The van der Waals surface area contributed by atoms with Crippen molar-refractivity contribution >= 4 is 104 Å². The lowest BCUT2D eigenvalue weighted by molar-refractivity contribution is -0.124. The van der Waals surface area contributed by atoms with Crippen molar-refractivity contribution in [3.05, 3.63) is 286 Å². The van der Waals surface area contributed by atoms with Crippen LogP contribution in [0.15, 0.2) is 254 Å². The molecule has 10 aromatic rings. The third-order valence-corrected chi connectivity index (χ3v) is 19.8. The van der Waals surface area contributed by atoms with E-state index in [0.717, 1.165) is 150 Å². The zero-order valence-electron chi connectivity index (χ0n) is 52.1. The third-order valence-electron chi connectivity index (χ3n) is 17.5. The number of unbranched alkanes of at least 4 members (excludes halogenated alkanes) is 2. The van der Waals surface area contributed by atoms with Crippen LogP contribution >= 0.6 is 22.7 Å². The van der Waals surface area contributed by atoms with Gasteiger partial charge >= 0.3 is 0 Å². The van der Waals surface area contributed by atoms with E-state index in [4.69, 9.17) is 0 Å². The van der Waals surface area contributed by atoms with Crippen molar-refractivity contribution in [3.8, 4) is 20.9 Å². The Hall–Kier alpha value is -9.34. The van der Waals surface area contributed by atoms with Gasteiger partial charge in [0.15, 0.2) is 0 Å². The zero-order chi connectivity index (χ0) is 61.8. The Morgan fingerprint density at radius 2 is 0.622 bits per heavy atom. The van der Waals surface area contributed by atoms with E-state index < -0.39 is 0 Å². The van der Waals surface area contributed by atoms with Crippen LogP contribution in [0, 0.1) is 11.8 Å². The van der Waals surface area contributed by atoms with Gasteiger partial charge in [0.25, 0.3) is 11.8 Å². The molecule has 8 heteroatoms. The van der Waals surface area contributed by atoms with E-state index in [0.29, 0.717) is 36.1 Å². The quantitative estimate of drug-likeness (QED) is 0.0507. The molecule has 2 amide bonds. The lowest BCUT2D eigenvalue weighted by Crippen LogP contribution is -2.34. The molecular weight excluding hydrogens is 1140 g/mol. The normalized spacial score (nSPS) is 14.0. The fraction of sp³-hybridized carbons (Fsp3) is 0.195. The van der Waals surface area contributed by atoms with E-state index in [1.807, 2.05) is 34.1 Å². The lowest BCUT2D eigenvalue weighted by atomic mass is 9.98. The molecule has 0 saturated heterocycles. The minimum Gasteiger partial charge on any atom is -0.311 e. The second kappa shape index (κ2) is 28.9. The van der Waals surface area contributed by atoms with Crippen LogP contribution < -0.4 is 9.80 Å². The number of carbonyl (C=O) groups is 2. The Morgan fingerprint density at radius 1 is 0.344 bits per heavy atom. The number of amides is 2. The largest absolute Gasteiger partial charge is 0.311 e. The highest BCUT2D eigenvalue weighted by molar-refractivity contribution is 7.17.